The van der Waals surface area contributed by atoms with Crippen LogP contribution in [0, 0.1) is 0 Å². The van der Waals surface area contributed by atoms with Gasteiger partial charge < -0.3 is 0 Å². The molecule has 214 valence electrons. The van der Waals surface area contributed by atoms with Gasteiger partial charge in [-0.3, -0.25) is 4.98 Å². The van der Waals surface area contributed by atoms with Crippen molar-refractivity contribution < 1.29 is 0 Å². The maximum absolute atomic E-state index is 4.24. The Morgan fingerprint density at radius 1 is 0.511 bits per heavy atom. The lowest BCUT2D eigenvalue weighted by Crippen LogP contribution is -1.93. The number of aromatic nitrogens is 1. The van der Waals surface area contributed by atoms with E-state index in [2.05, 4.69) is 170 Å². The quantitative estimate of drug-likeness (QED) is 0.136. The van der Waals surface area contributed by atoms with Crippen molar-refractivity contribution in [3.8, 4) is 44.5 Å². The Morgan fingerprint density at radius 2 is 1.09 bits per heavy atom. The van der Waals surface area contributed by atoms with Crippen LogP contribution in [0.4, 0.5) is 0 Å². The van der Waals surface area contributed by atoms with Crippen LogP contribution in [0.3, 0.4) is 0 Å². The minimum Gasteiger partial charge on any atom is -0.265 e. The zero-order valence-electron chi connectivity index (χ0n) is 25.3. The van der Waals surface area contributed by atoms with Gasteiger partial charge in [-0.1, -0.05) is 134 Å². The van der Waals surface area contributed by atoms with Crippen LogP contribution in [0.15, 0.2) is 177 Å². The highest BCUT2D eigenvalue weighted by atomic mass is 14.6. The second-order valence-corrected chi connectivity index (χ2v) is 11.2. The topological polar surface area (TPSA) is 12.9 Å². The Kier molecular flexibility index (Phi) is 7.74. The summed E-state index contributed by atoms with van der Waals surface area (Å²) in [6.45, 7) is 6.00. The minimum absolute atomic E-state index is 1.14. The van der Waals surface area contributed by atoms with E-state index in [1.165, 1.54) is 60.5 Å². The lowest BCUT2D eigenvalue weighted by Gasteiger charge is -2.19. The zero-order chi connectivity index (χ0) is 30.6. The Morgan fingerprint density at radius 3 is 1.82 bits per heavy atom. The van der Waals surface area contributed by atoms with Crippen molar-refractivity contribution in [1.82, 2.24) is 4.98 Å². The Hall–Kier alpha value is -5.79. The molecule has 0 bridgehead atoms. The molecule has 1 nitrogen and oxygen atoms in total. The summed E-state index contributed by atoms with van der Waals surface area (Å²) in [4.78, 5) is 4.24. The molecule has 0 radical (unpaired) electrons. The van der Waals surface area contributed by atoms with Crippen LogP contribution in [0.2, 0.25) is 0 Å². The fraction of sp³-hybridized carbons (Fsp3) is 0.0227. The third-order valence-corrected chi connectivity index (χ3v) is 8.42. The third-order valence-electron chi connectivity index (χ3n) is 8.42. The van der Waals surface area contributed by atoms with Crippen LogP contribution in [0.5, 0.6) is 0 Å². The molecule has 7 rings (SSSR count). The summed E-state index contributed by atoms with van der Waals surface area (Å²) in [6.07, 6.45) is 11.9. The lowest BCUT2D eigenvalue weighted by molar-refractivity contribution is 1.33. The number of fused-ring (bicyclic) bond motifs is 2. The largest absolute Gasteiger partial charge is 0.265 e. The van der Waals surface area contributed by atoms with Crippen molar-refractivity contribution in [1.29, 1.82) is 0 Å². The van der Waals surface area contributed by atoms with E-state index < -0.39 is 0 Å². The van der Waals surface area contributed by atoms with E-state index in [0.29, 0.717) is 0 Å². The Labute approximate surface area is 265 Å². The molecule has 6 aromatic carbocycles. The number of pyridine rings is 1. The molecule has 45 heavy (non-hydrogen) atoms. The van der Waals surface area contributed by atoms with Gasteiger partial charge in [-0.25, -0.2) is 0 Å². The Bertz CT molecular complexity index is 2220. The van der Waals surface area contributed by atoms with E-state index in [4.69, 9.17) is 0 Å². The second kappa shape index (κ2) is 12.4. The van der Waals surface area contributed by atoms with Crippen molar-refractivity contribution >= 4 is 27.1 Å². The number of nitrogens with zero attached hydrogens (tertiary/aromatic N) is 1. The zero-order valence-corrected chi connectivity index (χ0v) is 25.3. The fourth-order valence-electron chi connectivity index (χ4n) is 6.42. The molecular formula is C44H33N. The van der Waals surface area contributed by atoms with Crippen LogP contribution < -0.4 is 0 Å². The molecule has 0 fully saturated rings. The van der Waals surface area contributed by atoms with E-state index in [9.17, 15) is 0 Å². The van der Waals surface area contributed by atoms with Crippen molar-refractivity contribution in [3.63, 3.8) is 0 Å². The number of benzene rings is 6. The monoisotopic (exact) mass is 575 g/mol. The maximum Gasteiger partial charge on any atom is 0.0273 e. The van der Waals surface area contributed by atoms with Gasteiger partial charge in [0.15, 0.2) is 0 Å². The van der Waals surface area contributed by atoms with E-state index in [-0.39, 0.29) is 0 Å². The molecule has 0 N–H and O–H groups in total. The van der Waals surface area contributed by atoms with E-state index in [0.717, 1.165) is 16.7 Å². The first-order valence-electron chi connectivity index (χ1n) is 15.4. The molecule has 7 aromatic rings. The first kappa shape index (κ1) is 28.0. The van der Waals surface area contributed by atoms with Crippen LogP contribution in [-0.2, 0) is 0 Å². The summed E-state index contributed by atoms with van der Waals surface area (Å²) in [5.74, 6) is 0. The first-order chi connectivity index (χ1) is 22.2. The predicted octanol–water partition coefficient (Wildman–Crippen LogP) is 12.2. The molecule has 0 aliphatic rings. The van der Waals surface area contributed by atoms with Gasteiger partial charge in [0.2, 0.25) is 0 Å². The van der Waals surface area contributed by atoms with Crippen molar-refractivity contribution in [2.75, 3.05) is 0 Å². The molecule has 0 saturated carbocycles. The molecule has 0 atom stereocenters. The maximum atomic E-state index is 4.24. The summed E-state index contributed by atoms with van der Waals surface area (Å²) in [6, 6.07) is 48.4. The smallest absolute Gasteiger partial charge is 0.0273 e. The molecule has 1 heterocycles. The van der Waals surface area contributed by atoms with E-state index >= 15 is 0 Å². The number of hydrogen-bond donors (Lipinski definition) is 0. The van der Waals surface area contributed by atoms with Gasteiger partial charge in [0.05, 0.1) is 0 Å². The van der Waals surface area contributed by atoms with Crippen molar-refractivity contribution in [3.05, 3.63) is 182 Å². The summed E-state index contributed by atoms with van der Waals surface area (Å²) in [7, 11) is 0. The van der Waals surface area contributed by atoms with Gasteiger partial charge in [-0.05, 0) is 114 Å². The van der Waals surface area contributed by atoms with E-state index in [1.54, 1.807) is 0 Å². The highest BCUT2D eigenvalue weighted by molar-refractivity contribution is 6.22. The molecule has 0 spiro atoms. The fourth-order valence-corrected chi connectivity index (χ4v) is 6.42. The van der Waals surface area contributed by atoms with E-state index in [1.807, 2.05) is 18.5 Å². The Balaban J connectivity index is 1.56. The normalized spacial score (nSPS) is 11.8. The molecule has 1 aromatic heterocycles. The van der Waals surface area contributed by atoms with Crippen molar-refractivity contribution in [2.24, 2.45) is 0 Å². The van der Waals surface area contributed by atoms with Crippen molar-refractivity contribution in [2.45, 2.75) is 6.92 Å². The molecular weight excluding hydrogens is 542 g/mol. The van der Waals surface area contributed by atoms with Gasteiger partial charge in [0, 0.05) is 12.4 Å². The highest BCUT2D eigenvalue weighted by Gasteiger charge is 2.18. The number of allylic oxidation sites excluding steroid dienone is 5. The van der Waals surface area contributed by atoms with Gasteiger partial charge >= 0.3 is 0 Å². The average Bonchev–Trinajstić information content (AvgIpc) is 3.11. The molecule has 0 unspecified atom stereocenters. The molecule has 1 heteroatoms. The molecule has 0 amide bonds. The summed E-state index contributed by atoms with van der Waals surface area (Å²) < 4.78 is 0. The van der Waals surface area contributed by atoms with Crippen LogP contribution in [0.1, 0.15) is 12.5 Å². The SMILES string of the molecule is C=C/C=C(\C=C/C)c1cccc(-c2c3ccccc3c(-c3cccc(-c4ccncc4)c3)c3cc(-c4ccccc4)ccc23)c1. The van der Waals surface area contributed by atoms with Crippen LogP contribution >= 0.6 is 0 Å². The molecule has 0 aliphatic heterocycles. The molecule has 0 saturated heterocycles. The third kappa shape index (κ3) is 5.41. The lowest BCUT2D eigenvalue weighted by atomic mass is 9.84. The van der Waals surface area contributed by atoms with Gasteiger partial charge in [0.25, 0.3) is 0 Å². The number of hydrogen-bond acceptors (Lipinski definition) is 1. The average molecular weight is 576 g/mol. The predicted molar refractivity (Wildman–Crippen MR) is 194 cm³/mol. The molecule has 0 aliphatic carbocycles. The minimum atomic E-state index is 1.14. The highest BCUT2D eigenvalue weighted by Crippen LogP contribution is 2.45. The first-order valence-corrected chi connectivity index (χ1v) is 15.4. The van der Waals surface area contributed by atoms with Gasteiger partial charge in [-0.15, -0.1) is 0 Å². The van der Waals surface area contributed by atoms with Crippen LogP contribution in [0.25, 0.3) is 71.6 Å². The summed E-state index contributed by atoms with van der Waals surface area (Å²) >= 11 is 0. The standard InChI is InChI=1S/C44H33N/c1-3-12-31(13-4-2)34-16-10-18-37(28-34)43-39-20-8-9-21-40(39)44(38-19-11-17-35(29-38)33-24-26-45-27-25-33)42-30-36(22-23-41(42)43)32-14-6-5-7-15-32/h3-30H,1H2,2H3/b13-4-,31-12+. The van der Waals surface area contributed by atoms with Gasteiger partial charge in [-0.2, -0.15) is 0 Å². The summed E-state index contributed by atoms with van der Waals surface area (Å²) in [5.41, 5.74) is 11.9. The van der Waals surface area contributed by atoms with Crippen LogP contribution in [-0.4, -0.2) is 4.98 Å². The number of rotatable bonds is 7. The summed E-state index contributed by atoms with van der Waals surface area (Å²) in [5, 5.41) is 4.93. The van der Waals surface area contributed by atoms with Gasteiger partial charge in [0.1, 0.15) is 0 Å². The second-order valence-electron chi connectivity index (χ2n) is 11.2.